The number of ether oxygens (including phenoxy) is 3. The number of nitrogens with zero attached hydrogens (tertiary/aromatic N) is 2. The zero-order valence-corrected chi connectivity index (χ0v) is 18.7. The second kappa shape index (κ2) is 8.83. The topological polar surface area (TPSA) is 62.1 Å². The van der Waals surface area contributed by atoms with Gasteiger partial charge in [-0.2, -0.15) is 0 Å². The van der Waals surface area contributed by atoms with Crippen molar-refractivity contribution in [3.8, 4) is 28.5 Å². The van der Waals surface area contributed by atoms with Crippen LogP contribution >= 0.6 is 22.9 Å². The van der Waals surface area contributed by atoms with Gasteiger partial charge in [0.05, 0.1) is 32.7 Å². The summed E-state index contributed by atoms with van der Waals surface area (Å²) in [6.45, 7) is 0. The molecule has 0 aliphatic heterocycles. The number of aromatic nitrogens is 2. The highest BCUT2D eigenvalue weighted by Gasteiger charge is 2.17. The molecule has 0 spiro atoms. The minimum absolute atomic E-state index is 0.202. The van der Waals surface area contributed by atoms with Gasteiger partial charge in [0, 0.05) is 27.7 Å². The van der Waals surface area contributed by atoms with Crippen LogP contribution in [0.3, 0.4) is 0 Å². The van der Waals surface area contributed by atoms with Crippen molar-refractivity contribution in [2.75, 3.05) is 21.3 Å². The van der Waals surface area contributed by atoms with Crippen LogP contribution in [-0.2, 0) is 0 Å². The second-order valence-electron chi connectivity index (χ2n) is 6.52. The van der Waals surface area contributed by atoms with Crippen LogP contribution in [0.2, 0.25) is 5.02 Å². The monoisotopic (exact) mass is 454 g/mol. The smallest absolute Gasteiger partial charge is 0.203 e. The average Bonchev–Trinajstić information content (AvgIpc) is 3.38. The molecule has 6 nitrogen and oxygen atoms in total. The Morgan fingerprint density at radius 2 is 1.74 bits per heavy atom. The van der Waals surface area contributed by atoms with Crippen LogP contribution in [0.5, 0.6) is 17.2 Å². The molecule has 0 N–H and O–H groups in total. The molecular formula is C23H19ClN2O4S. The van der Waals surface area contributed by atoms with E-state index in [1.54, 1.807) is 18.2 Å². The Kier molecular flexibility index (Phi) is 5.97. The van der Waals surface area contributed by atoms with Crippen molar-refractivity contribution >= 4 is 39.8 Å². The number of carbonyl (C=O) groups is 1. The molecule has 4 aromatic rings. The van der Waals surface area contributed by atoms with Crippen LogP contribution in [0.25, 0.3) is 22.3 Å². The zero-order valence-electron chi connectivity index (χ0n) is 17.1. The van der Waals surface area contributed by atoms with Crippen molar-refractivity contribution in [1.29, 1.82) is 0 Å². The van der Waals surface area contributed by atoms with E-state index in [2.05, 4.69) is 0 Å². The van der Waals surface area contributed by atoms with E-state index in [0.29, 0.717) is 27.8 Å². The average molecular weight is 455 g/mol. The standard InChI is InChI=1S/C23H19ClN2O4S/c1-28-19-12-15(13-20(29-2)22(19)30-3)18(27)9-8-17-21(14-4-6-16(24)7-5-14)25-23-26(17)10-11-31-23/h4-13H,1-3H3/b9-8+. The third-order valence-electron chi connectivity index (χ3n) is 4.76. The largest absolute Gasteiger partial charge is 0.493 e. The molecule has 0 aliphatic rings. The summed E-state index contributed by atoms with van der Waals surface area (Å²) in [6.07, 6.45) is 5.21. The van der Waals surface area contributed by atoms with Crippen LogP contribution in [-0.4, -0.2) is 36.5 Å². The summed E-state index contributed by atoms with van der Waals surface area (Å²) in [5, 5.41) is 2.60. The van der Waals surface area contributed by atoms with Gasteiger partial charge >= 0.3 is 0 Å². The summed E-state index contributed by atoms with van der Waals surface area (Å²) in [7, 11) is 4.55. The summed E-state index contributed by atoms with van der Waals surface area (Å²) in [4.78, 5) is 18.5. The Labute approximate surface area is 188 Å². The van der Waals surface area contributed by atoms with Crippen LogP contribution in [0.4, 0.5) is 0 Å². The van der Waals surface area contributed by atoms with Crippen molar-refractivity contribution in [3.05, 3.63) is 70.3 Å². The van der Waals surface area contributed by atoms with Gasteiger partial charge in [0.15, 0.2) is 22.2 Å². The van der Waals surface area contributed by atoms with E-state index < -0.39 is 0 Å². The number of hydrogen-bond donors (Lipinski definition) is 0. The minimum atomic E-state index is -0.202. The van der Waals surface area contributed by atoms with E-state index in [1.165, 1.54) is 38.7 Å². The molecule has 4 rings (SSSR count). The molecule has 2 aromatic heterocycles. The first-order valence-corrected chi connectivity index (χ1v) is 10.6. The summed E-state index contributed by atoms with van der Waals surface area (Å²) < 4.78 is 18.0. The van der Waals surface area contributed by atoms with Gasteiger partial charge in [0.1, 0.15) is 0 Å². The first-order chi connectivity index (χ1) is 15.0. The molecular weight excluding hydrogens is 436 g/mol. The normalized spacial score (nSPS) is 11.2. The zero-order chi connectivity index (χ0) is 22.0. The quantitative estimate of drug-likeness (QED) is 0.267. The lowest BCUT2D eigenvalue weighted by Gasteiger charge is -2.13. The molecule has 0 bridgehead atoms. The van der Waals surface area contributed by atoms with Crippen LogP contribution in [0, 0.1) is 0 Å². The third kappa shape index (κ3) is 4.02. The SMILES string of the molecule is COc1cc(C(=O)/C=C/c2c(-c3ccc(Cl)cc3)nc3sccn23)cc(OC)c1OC. The predicted molar refractivity (Wildman–Crippen MR) is 123 cm³/mol. The summed E-state index contributed by atoms with van der Waals surface area (Å²) in [5.74, 6) is 1.08. The van der Waals surface area contributed by atoms with Gasteiger partial charge in [0.25, 0.3) is 0 Å². The van der Waals surface area contributed by atoms with Crippen molar-refractivity contribution in [3.63, 3.8) is 0 Å². The number of fused-ring (bicyclic) bond motifs is 1. The number of carbonyl (C=O) groups excluding carboxylic acids is 1. The van der Waals surface area contributed by atoms with Gasteiger partial charge in [0.2, 0.25) is 5.75 Å². The minimum Gasteiger partial charge on any atom is -0.493 e. The Balaban J connectivity index is 1.74. The van der Waals surface area contributed by atoms with Crippen molar-refractivity contribution < 1.29 is 19.0 Å². The van der Waals surface area contributed by atoms with E-state index in [0.717, 1.165) is 21.9 Å². The summed E-state index contributed by atoms with van der Waals surface area (Å²) in [6, 6.07) is 10.7. The van der Waals surface area contributed by atoms with Gasteiger partial charge in [-0.3, -0.25) is 9.20 Å². The molecule has 0 unspecified atom stereocenters. The fourth-order valence-corrected chi connectivity index (χ4v) is 4.10. The number of methoxy groups -OCH3 is 3. The Hall–Kier alpha value is -3.29. The first-order valence-electron chi connectivity index (χ1n) is 9.29. The van der Waals surface area contributed by atoms with Gasteiger partial charge in [-0.05, 0) is 36.4 Å². The number of imidazole rings is 1. The molecule has 0 saturated carbocycles. The van der Waals surface area contributed by atoms with E-state index in [1.807, 2.05) is 40.2 Å². The number of ketones is 1. The van der Waals surface area contributed by atoms with Crippen LogP contribution < -0.4 is 14.2 Å². The molecule has 0 atom stereocenters. The van der Waals surface area contributed by atoms with Crippen LogP contribution in [0.1, 0.15) is 16.1 Å². The molecule has 8 heteroatoms. The summed E-state index contributed by atoms with van der Waals surface area (Å²) >= 11 is 7.55. The number of halogens is 1. The second-order valence-corrected chi connectivity index (χ2v) is 7.83. The fraction of sp³-hybridized carbons (Fsp3) is 0.130. The van der Waals surface area contributed by atoms with Crippen LogP contribution in [0.15, 0.2) is 54.1 Å². The highest BCUT2D eigenvalue weighted by atomic mass is 35.5. The molecule has 2 aromatic carbocycles. The van der Waals surface area contributed by atoms with Crippen molar-refractivity contribution in [1.82, 2.24) is 9.38 Å². The Morgan fingerprint density at radius 1 is 1.06 bits per heavy atom. The number of benzene rings is 2. The highest BCUT2D eigenvalue weighted by Crippen LogP contribution is 2.38. The van der Waals surface area contributed by atoms with E-state index in [4.69, 9.17) is 30.8 Å². The van der Waals surface area contributed by atoms with E-state index in [-0.39, 0.29) is 5.78 Å². The van der Waals surface area contributed by atoms with Gasteiger partial charge < -0.3 is 14.2 Å². The maximum Gasteiger partial charge on any atom is 0.203 e. The Bertz CT molecular complexity index is 1250. The number of allylic oxidation sites excluding steroid dienone is 1. The lowest BCUT2D eigenvalue weighted by Crippen LogP contribution is -2.00. The van der Waals surface area contributed by atoms with Gasteiger partial charge in [-0.25, -0.2) is 4.98 Å². The maximum atomic E-state index is 13.0. The third-order valence-corrected chi connectivity index (χ3v) is 5.77. The number of thiazole rings is 1. The van der Waals surface area contributed by atoms with Gasteiger partial charge in [-0.1, -0.05) is 23.7 Å². The first kappa shape index (κ1) is 21.0. The molecule has 0 fully saturated rings. The molecule has 158 valence electrons. The predicted octanol–water partition coefficient (Wildman–Crippen LogP) is 5.64. The van der Waals surface area contributed by atoms with E-state index >= 15 is 0 Å². The van der Waals surface area contributed by atoms with Gasteiger partial charge in [-0.15, -0.1) is 11.3 Å². The molecule has 2 heterocycles. The van der Waals surface area contributed by atoms with E-state index in [9.17, 15) is 4.79 Å². The lowest BCUT2D eigenvalue weighted by molar-refractivity contribution is 0.104. The maximum absolute atomic E-state index is 13.0. The highest BCUT2D eigenvalue weighted by molar-refractivity contribution is 7.15. The number of rotatable bonds is 7. The molecule has 31 heavy (non-hydrogen) atoms. The number of hydrogen-bond acceptors (Lipinski definition) is 6. The summed E-state index contributed by atoms with van der Waals surface area (Å²) in [5.41, 5.74) is 2.92. The molecule has 0 radical (unpaired) electrons. The molecule has 0 amide bonds. The molecule has 0 saturated heterocycles. The lowest BCUT2D eigenvalue weighted by atomic mass is 10.1. The molecule has 0 aliphatic carbocycles. The Morgan fingerprint density at radius 3 is 2.35 bits per heavy atom. The van der Waals surface area contributed by atoms with Crippen molar-refractivity contribution in [2.24, 2.45) is 0 Å². The van der Waals surface area contributed by atoms with Crippen molar-refractivity contribution in [2.45, 2.75) is 0 Å². The fourth-order valence-electron chi connectivity index (χ4n) is 3.26.